The second-order valence-electron chi connectivity index (χ2n) is 2.89. The summed E-state index contributed by atoms with van der Waals surface area (Å²) in [6.45, 7) is 2.08. The van der Waals surface area contributed by atoms with Crippen molar-refractivity contribution in [2.75, 3.05) is 6.61 Å². The fraction of sp³-hybridized carbons (Fsp3) is 0.200. The molecule has 0 aliphatic rings. The fourth-order valence-electron chi connectivity index (χ4n) is 1.22. The Balaban J connectivity index is 2.36. The van der Waals surface area contributed by atoms with Gasteiger partial charge in [0.1, 0.15) is 0 Å². The number of hydrogen-bond acceptors (Lipinski definition) is 5. The molecule has 0 aliphatic heterocycles. The zero-order valence-electron chi connectivity index (χ0n) is 8.40. The monoisotopic (exact) mass is 349 g/mol. The topological polar surface area (TPSA) is 52.3 Å². The van der Waals surface area contributed by atoms with Crippen LogP contribution in [0, 0.1) is 2.88 Å². The lowest BCUT2D eigenvalue weighted by Gasteiger charge is -1.98. The van der Waals surface area contributed by atoms with Crippen LogP contribution in [-0.2, 0) is 4.74 Å². The minimum Gasteiger partial charge on any atom is -0.461 e. The third-order valence-electron chi connectivity index (χ3n) is 1.87. The molecular weight excluding hydrogens is 341 g/mol. The summed E-state index contributed by atoms with van der Waals surface area (Å²) >= 11 is 3.79. The lowest BCUT2D eigenvalue weighted by molar-refractivity contribution is 0.0520. The van der Waals surface area contributed by atoms with Crippen LogP contribution < -0.4 is 0 Å². The molecule has 2 heterocycles. The lowest BCUT2D eigenvalue weighted by Crippen LogP contribution is -2.06. The molecule has 0 unspecified atom stereocenters. The summed E-state index contributed by atoms with van der Waals surface area (Å²) in [5.41, 5.74) is 1.09. The summed E-state index contributed by atoms with van der Waals surface area (Å²) in [7, 11) is 0. The first-order chi connectivity index (χ1) is 7.72. The van der Waals surface area contributed by atoms with E-state index in [9.17, 15) is 4.79 Å². The van der Waals surface area contributed by atoms with Crippen LogP contribution in [0.1, 0.15) is 17.4 Å². The van der Waals surface area contributed by atoms with Gasteiger partial charge in [0, 0.05) is 10.9 Å². The van der Waals surface area contributed by atoms with Gasteiger partial charge in [0.05, 0.1) is 9.49 Å². The Morgan fingerprint density at radius 1 is 1.69 bits per heavy atom. The van der Waals surface area contributed by atoms with E-state index in [2.05, 4.69) is 27.6 Å². The zero-order valence-corrected chi connectivity index (χ0v) is 11.4. The third kappa shape index (κ3) is 2.27. The van der Waals surface area contributed by atoms with Gasteiger partial charge >= 0.3 is 5.97 Å². The molecular formula is C10H8INO3S. The minimum atomic E-state index is -0.451. The Morgan fingerprint density at radius 3 is 3.12 bits per heavy atom. The first kappa shape index (κ1) is 11.6. The number of carbonyl (C=O) groups excluding carboxylic acids is 1. The summed E-state index contributed by atoms with van der Waals surface area (Å²) in [4.78, 5) is 15.4. The largest absolute Gasteiger partial charge is 0.461 e. The van der Waals surface area contributed by atoms with Crippen LogP contribution in [0.3, 0.4) is 0 Å². The Hall–Kier alpha value is -0.890. The molecule has 0 atom stereocenters. The maximum atomic E-state index is 11.6. The van der Waals surface area contributed by atoms with Crippen molar-refractivity contribution in [3.05, 3.63) is 26.4 Å². The highest BCUT2D eigenvalue weighted by Gasteiger charge is 2.19. The molecule has 0 radical (unpaired) electrons. The van der Waals surface area contributed by atoms with Gasteiger partial charge in [-0.2, -0.15) is 0 Å². The molecule has 16 heavy (non-hydrogen) atoms. The van der Waals surface area contributed by atoms with E-state index in [4.69, 9.17) is 9.15 Å². The van der Waals surface area contributed by atoms with Gasteiger partial charge in [-0.15, -0.1) is 11.3 Å². The van der Waals surface area contributed by atoms with Crippen molar-refractivity contribution in [3.8, 4) is 11.3 Å². The highest BCUT2D eigenvalue weighted by Crippen LogP contribution is 2.29. The van der Waals surface area contributed by atoms with Crippen molar-refractivity contribution in [2.24, 2.45) is 0 Å². The normalized spacial score (nSPS) is 10.4. The number of oxazole rings is 1. The number of ether oxygens (including phenoxy) is 1. The average Bonchev–Trinajstić information content (AvgIpc) is 2.85. The predicted octanol–water partition coefficient (Wildman–Crippen LogP) is 3.18. The molecule has 2 aromatic heterocycles. The number of halogens is 1. The second-order valence-corrected chi connectivity index (χ2v) is 5.70. The molecule has 0 saturated carbocycles. The van der Waals surface area contributed by atoms with Gasteiger partial charge < -0.3 is 9.15 Å². The smallest absolute Gasteiger partial charge is 0.360 e. The lowest BCUT2D eigenvalue weighted by atomic mass is 10.2. The van der Waals surface area contributed by atoms with Crippen molar-refractivity contribution in [1.29, 1.82) is 0 Å². The number of aromatic nitrogens is 1. The number of nitrogens with zero attached hydrogens (tertiary/aromatic N) is 1. The van der Waals surface area contributed by atoms with E-state index < -0.39 is 5.97 Å². The number of carbonyl (C=O) groups is 1. The van der Waals surface area contributed by atoms with Gasteiger partial charge in [-0.05, 0) is 35.6 Å². The third-order valence-corrected chi connectivity index (χ3v) is 3.65. The summed E-state index contributed by atoms with van der Waals surface area (Å²) in [5, 5.41) is 1.92. The standard InChI is InChI=1S/C10H8INO3S/c1-2-14-10(13)8-9(15-5-12-8)6-3-7(11)16-4-6/h3-5H,2H2,1H3. The molecule has 2 rings (SSSR count). The molecule has 0 saturated heterocycles. The molecule has 6 heteroatoms. The molecule has 0 aliphatic carbocycles. The molecule has 0 N–H and O–H groups in total. The summed E-state index contributed by atoms with van der Waals surface area (Å²) in [5.74, 6) is 0.0186. The van der Waals surface area contributed by atoms with E-state index in [1.54, 1.807) is 18.3 Å². The summed E-state index contributed by atoms with van der Waals surface area (Å²) in [6.07, 6.45) is 1.26. The van der Waals surface area contributed by atoms with Crippen LogP contribution in [-0.4, -0.2) is 17.6 Å². The number of hydrogen-bond donors (Lipinski definition) is 0. The van der Waals surface area contributed by atoms with Gasteiger partial charge in [-0.25, -0.2) is 9.78 Å². The van der Waals surface area contributed by atoms with Crippen molar-refractivity contribution in [3.63, 3.8) is 0 Å². The van der Waals surface area contributed by atoms with Crippen LogP contribution in [0.2, 0.25) is 0 Å². The van der Waals surface area contributed by atoms with Crippen molar-refractivity contribution in [2.45, 2.75) is 6.92 Å². The van der Waals surface area contributed by atoms with E-state index in [1.807, 2.05) is 11.4 Å². The van der Waals surface area contributed by atoms with Crippen LogP contribution in [0.5, 0.6) is 0 Å². The van der Waals surface area contributed by atoms with Gasteiger partial charge in [-0.3, -0.25) is 0 Å². The van der Waals surface area contributed by atoms with E-state index >= 15 is 0 Å². The van der Waals surface area contributed by atoms with Crippen LogP contribution >= 0.6 is 33.9 Å². The zero-order chi connectivity index (χ0) is 11.5. The van der Waals surface area contributed by atoms with Gasteiger partial charge in [0.25, 0.3) is 0 Å². The SMILES string of the molecule is CCOC(=O)c1ncoc1-c1csc(I)c1. The first-order valence-corrected chi connectivity index (χ1v) is 6.53. The van der Waals surface area contributed by atoms with E-state index in [-0.39, 0.29) is 5.69 Å². The van der Waals surface area contributed by atoms with E-state index in [0.717, 1.165) is 8.45 Å². The quantitative estimate of drug-likeness (QED) is 0.631. The van der Waals surface area contributed by atoms with Crippen molar-refractivity contribution < 1.29 is 13.9 Å². The Bertz CT molecular complexity index is 506. The Kier molecular flexibility index (Phi) is 3.59. The van der Waals surface area contributed by atoms with Gasteiger partial charge in [0.15, 0.2) is 17.8 Å². The Labute approximate surface area is 110 Å². The number of esters is 1. The minimum absolute atomic E-state index is 0.232. The van der Waals surface area contributed by atoms with Crippen molar-refractivity contribution >= 4 is 39.9 Å². The molecule has 84 valence electrons. The number of thiophene rings is 1. The highest BCUT2D eigenvalue weighted by atomic mass is 127. The maximum absolute atomic E-state index is 11.6. The number of rotatable bonds is 3. The molecule has 0 amide bonds. The first-order valence-electron chi connectivity index (χ1n) is 4.57. The Morgan fingerprint density at radius 2 is 2.50 bits per heavy atom. The summed E-state index contributed by atoms with van der Waals surface area (Å²) in [6, 6.07) is 1.94. The maximum Gasteiger partial charge on any atom is 0.360 e. The molecule has 0 fully saturated rings. The van der Waals surface area contributed by atoms with E-state index in [0.29, 0.717) is 12.4 Å². The highest BCUT2D eigenvalue weighted by molar-refractivity contribution is 14.1. The van der Waals surface area contributed by atoms with Gasteiger partial charge in [-0.1, -0.05) is 0 Å². The molecule has 0 spiro atoms. The molecule has 0 aromatic carbocycles. The molecule has 0 bridgehead atoms. The van der Waals surface area contributed by atoms with Crippen molar-refractivity contribution in [1.82, 2.24) is 4.98 Å². The predicted molar refractivity (Wildman–Crippen MR) is 68.5 cm³/mol. The average molecular weight is 349 g/mol. The summed E-state index contributed by atoms with van der Waals surface area (Å²) < 4.78 is 11.2. The van der Waals surface area contributed by atoms with Crippen LogP contribution in [0.15, 0.2) is 22.3 Å². The fourth-order valence-corrected chi connectivity index (χ4v) is 2.55. The van der Waals surface area contributed by atoms with Gasteiger partial charge in [0.2, 0.25) is 0 Å². The molecule has 4 nitrogen and oxygen atoms in total. The van der Waals surface area contributed by atoms with E-state index in [1.165, 1.54) is 6.39 Å². The van der Waals surface area contributed by atoms with Crippen LogP contribution in [0.4, 0.5) is 0 Å². The molecule has 2 aromatic rings. The second kappa shape index (κ2) is 4.96. The van der Waals surface area contributed by atoms with Crippen LogP contribution in [0.25, 0.3) is 11.3 Å².